The van der Waals surface area contributed by atoms with E-state index < -0.39 is 10.0 Å². The van der Waals surface area contributed by atoms with Gasteiger partial charge >= 0.3 is 0 Å². The van der Waals surface area contributed by atoms with Gasteiger partial charge in [-0.15, -0.1) is 0 Å². The maximum absolute atomic E-state index is 13.1. The second-order valence-electron chi connectivity index (χ2n) is 7.72. The quantitative estimate of drug-likeness (QED) is 0.754. The minimum Gasteiger partial charge on any atom is -0.370 e. The number of carbonyl (C=O) groups excluding carboxylic acids is 1. The molecule has 0 radical (unpaired) electrons. The fourth-order valence-corrected chi connectivity index (χ4v) is 5.12. The van der Waals surface area contributed by atoms with E-state index >= 15 is 0 Å². The molecule has 1 saturated heterocycles. The van der Waals surface area contributed by atoms with Crippen LogP contribution in [0.5, 0.6) is 0 Å². The number of hydrogen-bond acceptors (Lipinski definition) is 5. The highest BCUT2D eigenvalue weighted by Crippen LogP contribution is 2.31. The van der Waals surface area contributed by atoms with Gasteiger partial charge in [-0.25, -0.2) is 8.42 Å². The molecule has 2 aromatic carbocycles. The maximum atomic E-state index is 13.1. The Bertz CT molecular complexity index is 1110. The van der Waals surface area contributed by atoms with Crippen molar-refractivity contribution in [3.63, 3.8) is 0 Å². The van der Waals surface area contributed by atoms with Gasteiger partial charge in [0.2, 0.25) is 10.0 Å². The minimum absolute atomic E-state index is 0.0164. The molecule has 2 aliphatic heterocycles. The van der Waals surface area contributed by atoms with Crippen molar-refractivity contribution in [1.29, 1.82) is 5.26 Å². The Kier molecular flexibility index (Phi) is 5.39. The highest BCUT2D eigenvalue weighted by molar-refractivity contribution is 7.92. The molecule has 8 heteroatoms. The zero-order valence-electron chi connectivity index (χ0n) is 16.9. The van der Waals surface area contributed by atoms with E-state index in [2.05, 4.69) is 11.0 Å². The van der Waals surface area contributed by atoms with Gasteiger partial charge in [0.1, 0.15) is 0 Å². The molecular formula is C22H24N4O3S. The van der Waals surface area contributed by atoms with Crippen LogP contribution < -0.4 is 9.21 Å². The first kappa shape index (κ1) is 20.2. The third-order valence-corrected chi connectivity index (χ3v) is 6.90. The van der Waals surface area contributed by atoms with E-state index in [0.29, 0.717) is 42.9 Å². The molecule has 0 spiro atoms. The number of nitrogens with zero attached hydrogens (tertiary/aromatic N) is 4. The van der Waals surface area contributed by atoms with Crippen LogP contribution in [0.3, 0.4) is 0 Å². The summed E-state index contributed by atoms with van der Waals surface area (Å²) < 4.78 is 25.2. The predicted molar refractivity (Wildman–Crippen MR) is 116 cm³/mol. The summed E-state index contributed by atoms with van der Waals surface area (Å²) in [7, 11) is -3.30. The first-order valence-corrected chi connectivity index (χ1v) is 11.9. The van der Waals surface area contributed by atoms with Crippen molar-refractivity contribution in [3.8, 4) is 6.07 Å². The van der Waals surface area contributed by atoms with Crippen molar-refractivity contribution in [2.75, 3.05) is 48.2 Å². The second kappa shape index (κ2) is 8.00. The van der Waals surface area contributed by atoms with Crippen LogP contribution in [0.15, 0.2) is 42.5 Å². The van der Waals surface area contributed by atoms with Crippen molar-refractivity contribution in [3.05, 3.63) is 59.2 Å². The summed E-state index contributed by atoms with van der Waals surface area (Å²) in [6.45, 7) is 3.30. The van der Waals surface area contributed by atoms with Crippen LogP contribution in [-0.4, -0.2) is 58.2 Å². The van der Waals surface area contributed by atoms with Gasteiger partial charge < -0.3 is 9.80 Å². The fourth-order valence-electron chi connectivity index (χ4n) is 4.16. The molecule has 30 heavy (non-hydrogen) atoms. The van der Waals surface area contributed by atoms with Crippen LogP contribution in [0.4, 0.5) is 11.4 Å². The minimum atomic E-state index is -3.30. The first-order valence-electron chi connectivity index (χ1n) is 10.0. The van der Waals surface area contributed by atoms with Gasteiger partial charge in [-0.1, -0.05) is 0 Å². The Balaban J connectivity index is 1.46. The average molecular weight is 425 g/mol. The van der Waals surface area contributed by atoms with Crippen LogP contribution >= 0.6 is 0 Å². The lowest BCUT2D eigenvalue weighted by molar-refractivity contribution is 0.0767. The van der Waals surface area contributed by atoms with Crippen molar-refractivity contribution in [2.24, 2.45) is 0 Å². The molecule has 2 heterocycles. The number of rotatable bonds is 3. The van der Waals surface area contributed by atoms with Gasteiger partial charge in [0.15, 0.2) is 0 Å². The fraction of sp³-hybridized carbons (Fsp3) is 0.364. The number of benzene rings is 2. The summed E-state index contributed by atoms with van der Waals surface area (Å²) in [6, 6.07) is 15.0. The summed E-state index contributed by atoms with van der Waals surface area (Å²) in [6.07, 6.45) is 2.69. The number of carbonyl (C=O) groups is 1. The Hall–Kier alpha value is -3.05. The maximum Gasteiger partial charge on any atom is 0.253 e. The highest BCUT2D eigenvalue weighted by atomic mass is 32.2. The summed E-state index contributed by atoms with van der Waals surface area (Å²) >= 11 is 0. The standard InChI is InChI=1S/C22H24N4O3S/c1-30(28,29)26-12-9-18-15-19(5-8-21(18)26)22(27)25-11-2-10-24(13-14-25)20-6-3-17(16-23)4-7-20/h3-8,15H,2,9-14H2,1H3. The zero-order chi connectivity index (χ0) is 21.3. The molecule has 0 bridgehead atoms. The summed E-state index contributed by atoms with van der Waals surface area (Å²) in [4.78, 5) is 17.2. The normalized spacial score (nSPS) is 16.7. The van der Waals surface area contributed by atoms with Crippen molar-refractivity contribution >= 4 is 27.3 Å². The van der Waals surface area contributed by atoms with Crippen molar-refractivity contribution in [2.45, 2.75) is 12.8 Å². The predicted octanol–water partition coefficient (Wildman–Crippen LogP) is 2.23. The van der Waals surface area contributed by atoms with E-state index in [1.165, 1.54) is 10.6 Å². The number of sulfonamides is 1. The van der Waals surface area contributed by atoms with Gasteiger partial charge in [-0.05, 0) is 60.9 Å². The molecule has 0 atom stereocenters. The lowest BCUT2D eigenvalue weighted by atomic mass is 10.1. The third kappa shape index (κ3) is 3.98. The average Bonchev–Trinajstić information content (AvgIpc) is 3.03. The summed E-state index contributed by atoms with van der Waals surface area (Å²) in [5, 5.41) is 8.96. The largest absolute Gasteiger partial charge is 0.370 e. The number of amides is 1. The molecule has 0 N–H and O–H groups in total. The van der Waals surface area contributed by atoms with Crippen LogP contribution in [0.25, 0.3) is 0 Å². The summed E-state index contributed by atoms with van der Waals surface area (Å²) in [5.41, 5.74) is 3.88. The van der Waals surface area contributed by atoms with E-state index in [-0.39, 0.29) is 5.91 Å². The zero-order valence-corrected chi connectivity index (χ0v) is 17.7. The van der Waals surface area contributed by atoms with Crippen LogP contribution in [0.2, 0.25) is 0 Å². The van der Waals surface area contributed by atoms with Gasteiger partial charge in [0, 0.05) is 44.0 Å². The van der Waals surface area contributed by atoms with E-state index in [4.69, 9.17) is 5.26 Å². The molecule has 0 aromatic heterocycles. The first-order chi connectivity index (χ1) is 14.4. The van der Waals surface area contributed by atoms with Crippen molar-refractivity contribution in [1.82, 2.24) is 4.90 Å². The number of hydrogen-bond donors (Lipinski definition) is 0. The molecule has 7 nitrogen and oxygen atoms in total. The van der Waals surface area contributed by atoms with Gasteiger partial charge in [-0.3, -0.25) is 9.10 Å². The highest BCUT2D eigenvalue weighted by Gasteiger charge is 2.28. The van der Waals surface area contributed by atoms with E-state index in [1.807, 2.05) is 35.2 Å². The molecule has 4 rings (SSSR count). The smallest absolute Gasteiger partial charge is 0.253 e. The molecule has 0 saturated carbocycles. The van der Waals surface area contributed by atoms with Gasteiger partial charge in [-0.2, -0.15) is 5.26 Å². The van der Waals surface area contributed by atoms with E-state index in [9.17, 15) is 13.2 Å². The number of fused-ring (bicyclic) bond motifs is 1. The molecule has 1 fully saturated rings. The Labute approximate surface area is 177 Å². The van der Waals surface area contributed by atoms with E-state index in [1.54, 1.807) is 12.1 Å². The molecule has 2 aliphatic rings. The number of anilines is 2. The lowest BCUT2D eigenvalue weighted by Crippen LogP contribution is -2.35. The van der Waals surface area contributed by atoms with Crippen molar-refractivity contribution < 1.29 is 13.2 Å². The molecule has 0 aliphatic carbocycles. The van der Waals surface area contributed by atoms with E-state index in [0.717, 1.165) is 30.8 Å². The van der Waals surface area contributed by atoms with Crippen LogP contribution in [0.1, 0.15) is 27.9 Å². The van der Waals surface area contributed by atoms with Gasteiger partial charge in [0.05, 0.1) is 23.6 Å². The monoisotopic (exact) mass is 424 g/mol. The van der Waals surface area contributed by atoms with Gasteiger partial charge in [0.25, 0.3) is 5.91 Å². The molecule has 1 amide bonds. The molecular weight excluding hydrogens is 400 g/mol. The Morgan fingerprint density at radius 1 is 1.00 bits per heavy atom. The topological polar surface area (TPSA) is 84.7 Å². The number of nitriles is 1. The summed E-state index contributed by atoms with van der Waals surface area (Å²) in [5.74, 6) is -0.0164. The SMILES string of the molecule is CS(=O)(=O)N1CCc2cc(C(=O)N3CCCN(c4ccc(C#N)cc4)CC3)ccc21. The molecule has 2 aromatic rings. The molecule has 0 unspecified atom stereocenters. The Morgan fingerprint density at radius 3 is 2.47 bits per heavy atom. The van der Waals surface area contributed by atoms with Crippen LogP contribution in [0, 0.1) is 11.3 Å². The third-order valence-electron chi connectivity index (χ3n) is 5.72. The lowest BCUT2D eigenvalue weighted by Gasteiger charge is -2.24. The molecule has 156 valence electrons. The second-order valence-corrected chi connectivity index (χ2v) is 9.63. The van der Waals surface area contributed by atoms with Crippen LogP contribution in [-0.2, 0) is 16.4 Å². The Morgan fingerprint density at radius 2 is 1.77 bits per heavy atom.